The highest BCUT2D eigenvalue weighted by Gasteiger charge is 2.41. The molecule has 1 aromatic heterocycles. The predicted octanol–water partition coefficient (Wildman–Crippen LogP) is 4.26. The fourth-order valence-corrected chi connectivity index (χ4v) is 4.07. The average molecular weight is 321 g/mol. The Balaban J connectivity index is 1.90. The molecule has 1 aliphatic heterocycles. The maximum absolute atomic E-state index is 13.0. The zero-order valence-corrected chi connectivity index (χ0v) is 13.3. The maximum Gasteiger partial charge on any atom is 0.148 e. The average Bonchev–Trinajstić information content (AvgIpc) is 2.94. The summed E-state index contributed by atoms with van der Waals surface area (Å²) in [5.41, 5.74) is 0.705. The highest BCUT2D eigenvalue weighted by Crippen LogP contribution is 2.37. The molecule has 1 fully saturated rings. The van der Waals surface area contributed by atoms with Gasteiger partial charge in [0, 0.05) is 24.5 Å². The molecule has 4 heteroatoms. The Hall–Kier alpha value is -1.16. The predicted molar refractivity (Wildman–Crippen MR) is 86.2 cm³/mol. The highest BCUT2D eigenvalue weighted by molar-refractivity contribution is 7.16. The topological polar surface area (TPSA) is 26.3 Å². The molecular weight excluding hydrogens is 304 g/mol. The van der Waals surface area contributed by atoms with Crippen LogP contribution in [-0.4, -0.2) is 19.0 Å². The van der Waals surface area contributed by atoms with Gasteiger partial charge in [-0.05, 0) is 30.5 Å². The van der Waals surface area contributed by atoms with Crippen LogP contribution in [0.15, 0.2) is 42.5 Å². The molecule has 0 N–H and O–H groups in total. The van der Waals surface area contributed by atoms with Crippen molar-refractivity contribution in [3.63, 3.8) is 0 Å². The lowest BCUT2D eigenvalue weighted by atomic mass is 9.70. The molecule has 2 heterocycles. The van der Waals surface area contributed by atoms with Crippen LogP contribution in [0.1, 0.15) is 23.3 Å². The molecule has 0 bridgehead atoms. The van der Waals surface area contributed by atoms with Gasteiger partial charge >= 0.3 is 0 Å². The van der Waals surface area contributed by atoms with Crippen LogP contribution in [0, 0.1) is 0 Å². The van der Waals surface area contributed by atoms with Crippen LogP contribution in [0.4, 0.5) is 0 Å². The first-order chi connectivity index (χ1) is 10.2. The summed E-state index contributed by atoms with van der Waals surface area (Å²) in [7, 11) is 0. The minimum Gasteiger partial charge on any atom is -0.381 e. The van der Waals surface area contributed by atoms with Gasteiger partial charge in [0.25, 0.3) is 0 Å². The molecule has 1 aliphatic rings. The lowest BCUT2D eigenvalue weighted by Crippen LogP contribution is -2.42. The van der Waals surface area contributed by atoms with E-state index in [1.165, 1.54) is 11.3 Å². The van der Waals surface area contributed by atoms with E-state index in [-0.39, 0.29) is 5.78 Å². The van der Waals surface area contributed by atoms with Crippen molar-refractivity contribution in [1.29, 1.82) is 0 Å². The smallest absolute Gasteiger partial charge is 0.148 e. The first kappa shape index (κ1) is 14.8. The van der Waals surface area contributed by atoms with E-state index in [1.54, 1.807) is 0 Å². The number of hydrogen-bond acceptors (Lipinski definition) is 3. The second-order valence-electron chi connectivity index (χ2n) is 5.37. The van der Waals surface area contributed by atoms with Crippen LogP contribution in [0.5, 0.6) is 0 Å². The molecule has 0 unspecified atom stereocenters. The summed E-state index contributed by atoms with van der Waals surface area (Å²) in [6.07, 6.45) is 1.97. The quantitative estimate of drug-likeness (QED) is 0.841. The molecule has 21 heavy (non-hydrogen) atoms. The number of Topliss-reactive ketones (excluding diaryl/α,β-unsaturated/α-hetero) is 1. The molecule has 0 amide bonds. The summed E-state index contributed by atoms with van der Waals surface area (Å²) in [6.45, 7) is 1.29. The van der Waals surface area contributed by atoms with E-state index in [9.17, 15) is 4.79 Å². The molecule has 3 rings (SSSR count). The summed E-state index contributed by atoms with van der Waals surface area (Å²) < 4.78 is 6.21. The van der Waals surface area contributed by atoms with E-state index in [0.29, 0.717) is 19.6 Å². The third-order valence-electron chi connectivity index (χ3n) is 4.17. The Kier molecular flexibility index (Phi) is 4.43. The number of rotatable bonds is 4. The van der Waals surface area contributed by atoms with Crippen molar-refractivity contribution in [2.24, 2.45) is 0 Å². The van der Waals surface area contributed by atoms with E-state index in [2.05, 4.69) is 12.1 Å². The number of thiophene rings is 1. The van der Waals surface area contributed by atoms with Crippen molar-refractivity contribution in [1.82, 2.24) is 0 Å². The van der Waals surface area contributed by atoms with Gasteiger partial charge in [-0.25, -0.2) is 0 Å². The Morgan fingerprint density at radius 3 is 2.48 bits per heavy atom. The normalized spacial score (nSPS) is 17.6. The molecular formula is C17H17ClO2S. The lowest BCUT2D eigenvalue weighted by Gasteiger charge is -2.36. The van der Waals surface area contributed by atoms with Crippen LogP contribution < -0.4 is 0 Å². The summed E-state index contributed by atoms with van der Waals surface area (Å²) in [5, 5.41) is 0. The molecule has 0 atom stereocenters. The largest absolute Gasteiger partial charge is 0.381 e. The molecule has 110 valence electrons. The number of ketones is 1. The van der Waals surface area contributed by atoms with Gasteiger partial charge in [-0.1, -0.05) is 41.9 Å². The summed E-state index contributed by atoms with van der Waals surface area (Å²) in [5.74, 6) is 0.274. The monoisotopic (exact) mass is 320 g/mol. The fraction of sp³-hybridized carbons (Fsp3) is 0.353. The number of ether oxygens (including phenoxy) is 1. The van der Waals surface area contributed by atoms with Crippen LogP contribution in [-0.2, 0) is 21.4 Å². The van der Waals surface area contributed by atoms with Crippen molar-refractivity contribution in [3.8, 4) is 0 Å². The molecule has 2 nitrogen and oxygen atoms in total. The summed E-state index contributed by atoms with van der Waals surface area (Å²) >= 11 is 7.46. The van der Waals surface area contributed by atoms with E-state index in [4.69, 9.17) is 16.3 Å². The van der Waals surface area contributed by atoms with Crippen molar-refractivity contribution >= 4 is 28.7 Å². The lowest BCUT2D eigenvalue weighted by molar-refractivity contribution is -0.127. The van der Waals surface area contributed by atoms with Gasteiger partial charge in [0.2, 0.25) is 0 Å². The van der Waals surface area contributed by atoms with Gasteiger partial charge in [-0.15, -0.1) is 11.3 Å². The molecule has 0 spiro atoms. The minimum atomic E-state index is -0.407. The Morgan fingerprint density at radius 2 is 1.86 bits per heavy atom. The third kappa shape index (κ3) is 3.05. The van der Waals surface area contributed by atoms with E-state index in [0.717, 1.165) is 27.6 Å². The number of carbonyl (C=O) groups is 1. The second-order valence-corrected chi connectivity index (χ2v) is 7.17. The van der Waals surface area contributed by atoms with E-state index in [1.807, 2.05) is 30.3 Å². The zero-order chi connectivity index (χ0) is 14.7. The van der Waals surface area contributed by atoms with Crippen LogP contribution in [0.2, 0.25) is 4.34 Å². The molecule has 1 saturated heterocycles. The number of benzene rings is 1. The SMILES string of the molecule is O=C(Cc1ccc(Cl)s1)C1(c2ccccc2)CCOCC1. The van der Waals surface area contributed by atoms with Gasteiger partial charge in [-0.3, -0.25) is 4.79 Å². The highest BCUT2D eigenvalue weighted by atomic mass is 35.5. The number of hydrogen-bond donors (Lipinski definition) is 0. The van der Waals surface area contributed by atoms with Crippen molar-refractivity contribution in [2.75, 3.05) is 13.2 Å². The van der Waals surface area contributed by atoms with Gasteiger partial charge in [0.15, 0.2) is 0 Å². The Bertz CT molecular complexity index is 615. The van der Waals surface area contributed by atoms with Crippen LogP contribution in [0.25, 0.3) is 0 Å². The Labute approximate surface area is 133 Å². The fourth-order valence-electron chi connectivity index (χ4n) is 2.98. The van der Waals surface area contributed by atoms with Gasteiger partial charge < -0.3 is 4.74 Å². The molecule has 0 saturated carbocycles. The number of halogens is 1. The maximum atomic E-state index is 13.0. The van der Waals surface area contributed by atoms with Crippen molar-refractivity contribution in [3.05, 3.63) is 57.2 Å². The van der Waals surface area contributed by atoms with Crippen molar-refractivity contribution < 1.29 is 9.53 Å². The van der Waals surface area contributed by atoms with Gasteiger partial charge in [-0.2, -0.15) is 0 Å². The van der Waals surface area contributed by atoms with E-state index < -0.39 is 5.41 Å². The minimum absolute atomic E-state index is 0.274. The zero-order valence-electron chi connectivity index (χ0n) is 11.7. The molecule has 0 aliphatic carbocycles. The standard InChI is InChI=1S/C17H17ClO2S/c18-16-7-6-14(21-16)12-15(19)17(8-10-20-11-9-17)13-4-2-1-3-5-13/h1-7H,8-12H2. The van der Waals surface area contributed by atoms with Crippen molar-refractivity contribution in [2.45, 2.75) is 24.7 Å². The van der Waals surface area contributed by atoms with Gasteiger partial charge in [0.05, 0.1) is 9.75 Å². The number of carbonyl (C=O) groups excluding carboxylic acids is 1. The van der Waals surface area contributed by atoms with Crippen LogP contribution in [0.3, 0.4) is 0 Å². The molecule has 1 aromatic carbocycles. The van der Waals surface area contributed by atoms with Crippen LogP contribution >= 0.6 is 22.9 Å². The Morgan fingerprint density at radius 1 is 1.14 bits per heavy atom. The molecule has 0 radical (unpaired) electrons. The molecule has 2 aromatic rings. The third-order valence-corrected chi connectivity index (χ3v) is 5.40. The first-order valence-electron chi connectivity index (χ1n) is 7.11. The first-order valence-corrected chi connectivity index (χ1v) is 8.31. The van der Waals surface area contributed by atoms with Gasteiger partial charge in [0.1, 0.15) is 5.78 Å². The summed E-state index contributed by atoms with van der Waals surface area (Å²) in [6, 6.07) is 13.9. The summed E-state index contributed by atoms with van der Waals surface area (Å²) in [4.78, 5) is 14.0. The van der Waals surface area contributed by atoms with E-state index >= 15 is 0 Å². The second kappa shape index (κ2) is 6.30.